The number of benzene rings is 2. The second-order valence-corrected chi connectivity index (χ2v) is 7.44. The Bertz CT molecular complexity index is 794. The third-order valence-electron chi connectivity index (χ3n) is 2.59. The highest BCUT2D eigenvalue weighted by Crippen LogP contribution is 2.21. The van der Waals surface area contributed by atoms with E-state index in [0.29, 0.717) is 5.69 Å². The van der Waals surface area contributed by atoms with Crippen LogP contribution in [-0.4, -0.2) is 14.3 Å². The minimum absolute atomic E-state index is 0.0872. The lowest BCUT2D eigenvalue weighted by atomic mass is 10.2. The Morgan fingerprint density at radius 3 is 2.33 bits per heavy atom. The van der Waals surface area contributed by atoms with Gasteiger partial charge in [0, 0.05) is 16.4 Å². The van der Waals surface area contributed by atoms with Crippen molar-refractivity contribution < 1.29 is 17.6 Å². The molecule has 2 rings (SSSR count). The van der Waals surface area contributed by atoms with Crippen molar-refractivity contribution in [3.05, 3.63) is 58.3 Å². The first kappa shape index (κ1) is 15.9. The lowest BCUT2D eigenvalue weighted by molar-refractivity contribution is 0.102. The van der Waals surface area contributed by atoms with Crippen LogP contribution in [0.15, 0.2) is 51.8 Å². The Kier molecular flexibility index (Phi) is 4.65. The molecule has 0 unspecified atom stereocenters. The second kappa shape index (κ2) is 6.13. The molecule has 0 saturated heterocycles. The number of hydrogen-bond donors (Lipinski definition) is 1. The first-order valence-corrected chi connectivity index (χ1v) is 8.69. The van der Waals surface area contributed by atoms with E-state index in [4.69, 9.17) is 10.7 Å². The molecule has 0 bridgehead atoms. The standard InChI is InChI=1S/C13H8BrClFNO3S/c14-11-3-1-2-10(12(11)16)13(18)17-8-4-6-9(7-5-8)21(15,19)20/h1-7H,(H,17,18). The summed E-state index contributed by atoms with van der Waals surface area (Å²) in [6.07, 6.45) is 0. The number of hydrogen-bond acceptors (Lipinski definition) is 3. The maximum Gasteiger partial charge on any atom is 0.261 e. The average Bonchev–Trinajstić information content (AvgIpc) is 2.41. The van der Waals surface area contributed by atoms with E-state index in [1.807, 2.05) is 0 Å². The Labute approximate surface area is 133 Å². The van der Waals surface area contributed by atoms with Gasteiger partial charge in [-0.2, -0.15) is 0 Å². The number of nitrogens with one attached hydrogen (secondary N) is 1. The number of halogens is 3. The molecule has 0 atom stereocenters. The minimum atomic E-state index is -3.82. The van der Waals surface area contributed by atoms with Gasteiger partial charge in [-0.15, -0.1) is 0 Å². The maximum atomic E-state index is 13.8. The zero-order valence-electron chi connectivity index (χ0n) is 10.3. The fourth-order valence-corrected chi connectivity index (χ4v) is 2.71. The smallest absolute Gasteiger partial charge is 0.261 e. The van der Waals surface area contributed by atoms with Gasteiger partial charge in [-0.25, -0.2) is 12.8 Å². The highest BCUT2D eigenvalue weighted by molar-refractivity contribution is 9.10. The minimum Gasteiger partial charge on any atom is -0.322 e. The van der Waals surface area contributed by atoms with Crippen molar-refractivity contribution in [3.63, 3.8) is 0 Å². The molecule has 21 heavy (non-hydrogen) atoms. The SMILES string of the molecule is O=C(Nc1ccc(S(=O)(=O)Cl)cc1)c1cccc(Br)c1F. The second-order valence-electron chi connectivity index (χ2n) is 4.02. The first-order valence-electron chi connectivity index (χ1n) is 5.59. The van der Waals surface area contributed by atoms with Gasteiger partial charge in [0.15, 0.2) is 0 Å². The summed E-state index contributed by atoms with van der Waals surface area (Å²) >= 11 is 2.99. The number of amides is 1. The van der Waals surface area contributed by atoms with Gasteiger partial charge in [0.2, 0.25) is 0 Å². The van der Waals surface area contributed by atoms with Crippen LogP contribution in [0.3, 0.4) is 0 Å². The molecule has 1 amide bonds. The number of anilines is 1. The summed E-state index contributed by atoms with van der Waals surface area (Å²) in [4.78, 5) is 11.9. The molecule has 8 heteroatoms. The van der Waals surface area contributed by atoms with Gasteiger partial charge < -0.3 is 5.32 Å². The molecule has 1 N–H and O–H groups in total. The highest BCUT2D eigenvalue weighted by Gasteiger charge is 2.15. The van der Waals surface area contributed by atoms with E-state index < -0.39 is 20.8 Å². The third-order valence-corrected chi connectivity index (χ3v) is 4.57. The molecule has 0 saturated carbocycles. The maximum absolute atomic E-state index is 13.8. The van der Waals surface area contributed by atoms with E-state index >= 15 is 0 Å². The lowest BCUT2D eigenvalue weighted by Crippen LogP contribution is -2.14. The normalized spacial score (nSPS) is 11.2. The quantitative estimate of drug-likeness (QED) is 0.809. The van der Waals surface area contributed by atoms with Crippen molar-refractivity contribution in [2.45, 2.75) is 4.90 Å². The predicted octanol–water partition coefficient (Wildman–Crippen LogP) is 3.77. The molecule has 0 aliphatic heterocycles. The molecule has 0 heterocycles. The molecule has 0 spiro atoms. The average molecular weight is 393 g/mol. The van der Waals surface area contributed by atoms with Crippen LogP contribution in [0.4, 0.5) is 10.1 Å². The topological polar surface area (TPSA) is 63.2 Å². The van der Waals surface area contributed by atoms with Crippen LogP contribution < -0.4 is 5.32 Å². The lowest BCUT2D eigenvalue weighted by Gasteiger charge is -2.07. The molecular weight excluding hydrogens is 385 g/mol. The van der Waals surface area contributed by atoms with E-state index in [9.17, 15) is 17.6 Å². The van der Waals surface area contributed by atoms with Crippen molar-refractivity contribution in [1.29, 1.82) is 0 Å². The number of carbonyl (C=O) groups is 1. The summed E-state index contributed by atoms with van der Waals surface area (Å²) in [6.45, 7) is 0. The van der Waals surface area contributed by atoms with Crippen LogP contribution in [0.2, 0.25) is 0 Å². The fourth-order valence-electron chi connectivity index (χ4n) is 1.58. The van der Waals surface area contributed by atoms with Crippen molar-refractivity contribution in [2.75, 3.05) is 5.32 Å². The van der Waals surface area contributed by atoms with Gasteiger partial charge >= 0.3 is 0 Å². The molecule has 0 aliphatic rings. The van der Waals surface area contributed by atoms with Crippen LogP contribution in [0.25, 0.3) is 0 Å². The van der Waals surface area contributed by atoms with Crippen molar-refractivity contribution in [3.8, 4) is 0 Å². The van der Waals surface area contributed by atoms with Gasteiger partial charge in [-0.1, -0.05) is 6.07 Å². The summed E-state index contributed by atoms with van der Waals surface area (Å²) in [5.74, 6) is -1.31. The number of carbonyl (C=O) groups excluding carboxylic acids is 1. The van der Waals surface area contributed by atoms with Crippen molar-refractivity contribution in [2.24, 2.45) is 0 Å². The molecule has 0 fully saturated rings. The van der Waals surface area contributed by atoms with Crippen LogP contribution in [-0.2, 0) is 9.05 Å². The summed E-state index contributed by atoms with van der Waals surface area (Å²) in [6, 6.07) is 9.57. The van der Waals surface area contributed by atoms with Crippen LogP contribution in [0.5, 0.6) is 0 Å². The van der Waals surface area contributed by atoms with Gasteiger partial charge in [0.05, 0.1) is 14.9 Å². The largest absolute Gasteiger partial charge is 0.322 e. The molecule has 0 aliphatic carbocycles. The fraction of sp³-hybridized carbons (Fsp3) is 0. The molecule has 0 aromatic heterocycles. The van der Waals surface area contributed by atoms with Gasteiger partial charge in [-0.05, 0) is 52.3 Å². The first-order chi connectivity index (χ1) is 9.79. The zero-order valence-corrected chi connectivity index (χ0v) is 13.5. The Morgan fingerprint density at radius 2 is 1.76 bits per heavy atom. The van der Waals surface area contributed by atoms with E-state index in [0.717, 1.165) is 0 Å². The monoisotopic (exact) mass is 391 g/mol. The van der Waals surface area contributed by atoms with E-state index in [1.165, 1.54) is 42.5 Å². The van der Waals surface area contributed by atoms with Gasteiger partial charge in [0.1, 0.15) is 5.82 Å². The Hall–Kier alpha value is -1.44. The predicted molar refractivity (Wildman–Crippen MR) is 81.5 cm³/mol. The molecule has 0 radical (unpaired) electrons. The summed E-state index contributed by atoms with van der Waals surface area (Å²) < 4.78 is 36.1. The summed E-state index contributed by atoms with van der Waals surface area (Å²) in [5, 5.41) is 2.47. The zero-order chi connectivity index (χ0) is 15.6. The molecule has 110 valence electrons. The number of rotatable bonds is 3. The Morgan fingerprint density at radius 1 is 1.14 bits per heavy atom. The highest BCUT2D eigenvalue weighted by atomic mass is 79.9. The van der Waals surface area contributed by atoms with Crippen LogP contribution >= 0.6 is 26.6 Å². The van der Waals surface area contributed by atoms with Crippen LogP contribution in [0, 0.1) is 5.82 Å². The summed E-state index contributed by atoms with van der Waals surface area (Å²) in [5.41, 5.74) is 0.196. The molecule has 4 nitrogen and oxygen atoms in total. The van der Waals surface area contributed by atoms with E-state index in [2.05, 4.69) is 21.2 Å². The van der Waals surface area contributed by atoms with Crippen molar-refractivity contribution in [1.82, 2.24) is 0 Å². The van der Waals surface area contributed by atoms with Gasteiger partial charge in [-0.3, -0.25) is 4.79 Å². The molecule has 2 aromatic rings. The molecular formula is C13H8BrClFNO3S. The van der Waals surface area contributed by atoms with Crippen molar-refractivity contribution >= 4 is 47.3 Å². The van der Waals surface area contributed by atoms with E-state index in [1.54, 1.807) is 0 Å². The van der Waals surface area contributed by atoms with Gasteiger partial charge in [0.25, 0.3) is 15.0 Å². The van der Waals surface area contributed by atoms with Crippen LogP contribution in [0.1, 0.15) is 10.4 Å². The molecule has 2 aromatic carbocycles. The third kappa shape index (κ3) is 3.81. The Balaban J connectivity index is 2.22. The summed E-state index contributed by atoms with van der Waals surface area (Å²) in [7, 11) is 1.36. The van der Waals surface area contributed by atoms with E-state index in [-0.39, 0.29) is 14.9 Å².